The van der Waals surface area contributed by atoms with Gasteiger partial charge >= 0.3 is 0 Å². The lowest BCUT2D eigenvalue weighted by atomic mass is 10.1. The largest absolute Gasteiger partial charge is 0.394 e. The van der Waals surface area contributed by atoms with Crippen molar-refractivity contribution in [3.8, 4) is 0 Å². The van der Waals surface area contributed by atoms with Gasteiger partial charge < -0.3 is 29.6 Å². The van der Waals surface area contributed by atoms with Gasteiger partial charge in [-0.15, -0.1) is 0 Å². The number of anilines is 1. The van der Waals surface area contributed by atoms with Gasteiger partial charge in [0.05, 0.1) is 12.0 Å². The first-order chi connectivity index (χ1) is 10.5. The number of aliphatic hydroxyl groups is 1. The minimum Gasteiger partial charge on any atom is -0.394 e. The van der Waals surface area contributed by atoms with Crippen LogP contribution >= 0.6 is 0 Å². The highest BCUT2D eigenvalue weighted by molar-refractivity contribution is 5.86. The Morgan fingerprint density at radius 2 is 2.09 bits per heavy atom. The molecule has 8 heteroatoms. The molecular weight excluding hydrogens is 288 g/mol. The molecule has 3 N–H and O–H groups in total. The van der Waals surface area contributed by atoms with Crippen LogP contribution in [-0.4, -0.2) is 50.3 Å². The highest BCUT2D eigenvalue weighted by Gasteiger charge is 2.55. The first-order valence-corrected chi connectivity index (χ1v) is 7.19. The average molecular weight is 306 g/mol. The molecule has 0 spiro atoms. The molecule has 8 nitrogen and oxygen atoms in total. The maximum Gasteiger partial charge on any atom is 0.164 e. The second-order valence-electron chi connectivity index (χ2n) is 6.03. The van der Waals surface area contributed by atoms with Crippen LogP contribution in [0.2, 0.25) is 0 Å². The van der Waals surface area contributed by atoms with Crippen molar-refractivity contribution in [3.63, 3.8) is 0 Å². The lowest BCUT2D eigenvalue weighted by Gasteiger charge is -2.24. The first kappa shape index (κ1) is 13.9. The summed E-state index contributed by atoms with van der Waals surface area (Å²) in [5, 5.41) is 10.3. The fraction of sp³-hybridized carbons (Fsp3) is 0.571. The molecule has 2 fully saturated rings. The second-order valence-corrected chi connectivity index (χ2v) is 6.03. The van der Waals surface area contributed by atoms with E-state index in [2.05, 4.69) is 9.97 Å². The Labute approximate surface area is 126 Å². The van der Waals surface area contributed by atoms with E-state index >= 15 is 0 Å². The number of rotatable bonds is 2. The van der Waals surface area contributed by atoms with Crippen molar-refractivity contribution < 1.29 is 19.3 Å². The van der Waals surface area contributed by atoms with Gasteiger partial charge in [0, 0.05) is 6.20 Å². The summed E-state index contributed by atoms with van der Waals surface area (Å²) in [5.74, 6) is -0.289. The summed E-state index contributed by atoms with van der Waals surface area (Å²) in [5.41, 5.74) is 6.54. The van der Waals surface area contributed by atoms with Crippen LogP contribution < -0.4 is 5.73 Å². The van der Waals surface area contributed by atoms with E-state index < -0.39 is 18.1 Å². The molecule has 2 aliphatic rings. The van der Waals surface area contributed by atoms with E-state index in [0.29, 0.717) is 11.5 Å². The number of nitrogens with zero attached hydrogens (tertiary/aromatic N) is 3. The van der Waals surface area contributed by atoms with Crippen molar-refractivity contribution in [1.29, 1.82) is 0 Å². The molecule has 0 radical (unpaired) electrons. The topological polar surface area (TPSA) is 105 Å². The highest BCUT2D eigenvalue weighted by atomic mass is 16.8. The monoisotopic (exact) mass is 306 g/mol. The van der Waals surface area contributed by atoms with Crippen LogP contribution in [0.1, 0.15) is 20.1 Å². The Morgan fingerprint density at radius 3 is 2.86 bits per heavy atom. The highest BCUT2D eigenvalue weighted by Crippen LogP contribution is 2.43. The van der Waals surface area contributed by atoms with Crippen molar-refractivity contribution in [2.24, 2.45) is 0 Å². The molecule has 2 aromatic heterocycles. The quantitative estimate of drug-likeness (QED) is 0.828. The Bertz CT molecular complexity index is 716. The molecule has 0 aromatic carbocycles. The summed E-state index contributed by atoms with van der Waals surface area (Å²) < 4.78 is 19.6. The molecule has 2 aliphatic heterocycles. The second kappa shape index (κ2) is 4.63. The van der Waals surface area contributed by atoms with Crippen LogP contribution in [0.3, 0.4) is 0 Å². The minimum atomic E-state index is -0.707. The number of aromatic nitrogens is 3. The smallest absolute Gasteiger partial charge is 0.164 e. The third-order valence-electron chi connectivity index (χ3n) is 4.12. The molecule has 0 bridgehead atoms. The molecule has 2 unspecified atom stereocenters. The summed E-state index contributed by atoms with van der Waals surface area (Å²) in [6.07, 6.45) is 1.75. The normalized spacial score (nSPS) is 33.4. The predicted octanol–water partition coefficient (Wildman–Crippen LogP) is 0.423. The standard InChI is InChI=1S/C14H18N4O4/c1-14(2)21-9-8(5-19)20-13(10(9)22-14)18-4-3-7-11(15)16-6-17-12(7)18/h3-4,6,8-10,13,19H,5H2,1-2H3,(H2,15,16,17)/t8-,9?,10?,13-/m1/s1. The number of ether oxygens (including phenoxy) is 3. The maximum atomic E-state index is 9.54. The molecule has 0 saturated carbocycles. The van der Waals surface area contributed by atoms with Gasteiger partial charge in [0.2, 0.25) is 0 Å². The number of hydrogen-bond donors (Lipinski definition) is 2. The third-order valence-corrected chi connectivity index (χ3v) is 4.12. The molecule has 22 heavy (non-hydrogen) atoms. The molecule has 0 aliphatic carbocycles. The Kier molecular flexibility index (Phi) is 2.92. The van der Waals surface area contributed by atoms with E-state index in [9.17, 15) is 5.11 Å². The van der Waals surface area contributed by atoms with Crippen LogP contribution in [0.4, 0.5) is 5.82 Å². The molecule has 2 aromatic rings. The number of nitrogens with two attached hydrogens (primary N) is 1. The summed E-state index contributed by atoms with van der Waals surface area (Å²) in [7, 11) is 0. The zero-order chi connectivity index (χ0) is 15.5. The SMILES string of the molecule is CC1(C)OC2C(O1)[C@@H](CO)O[C@H]2n1ccc2c(N)ncnc21. The van der Waals surface area contributed by atoms with E-state index in [1.54, 1.807) is 0 Å². The molecular formula is C14H18N4O4. The lowest BCUT2D eigenvalue weighted by molar-refractivity contribution is -0.199. The fourth-order valence-electron chi connectivity index (χ4n) is 3.23. The zero-order valence-electron chi connectivity index (χ0n) is 12.3. The van der Waals surface area contributed by atoms with Gasteiger partial charge in [-0.05, 0) is 19.9 Å². The van der Waals surface area contributed by atoms with E-state index in [-0.39, 0.29) is 18.8 Å². The fourth-order valence-corrected chi connectivity index (χ4v) is 3.23. The van der Waals surface area contributed by atoms with E-state index in [0.717, 1.165) is 5.39 Å². The summed E-state index contributed by atoms with van der Waals surface area (Å²) in [6, 6.07) is 1.84. The molecule has 4 atom stereocenters. The van der Waals surface area contributed by atoms with Crippen molar-refractivity contribution in [1.82, 2.24) is 14.5 Å². The molecule has 4 rings (SSSR count). The van der Waals surface area contributed by atoms with Crippen molar-refractivity contribution in [2.45, 2.75) is 44.2 Å². The molecule has 0 amide bonds. The van der Waals surface area contributed by atoms with Crippen molar-refractivity contribution >= 4 is 16.9 Å². The van der Waals surface area contributed by atoms with Gasteiger partial charge in [-0.2, -0.15) is 0 Å². The Balaban J connectivity index is 1.77. The summed E-state index contributed by atoms with van der Waals surface area (Å²) >= 11 is 0. The molecule has 2 saturated heterocycles. The van der Waals surface area contributed by atoms with E-state index in [1.165, 1.54) is 6.33 Å². The average Bonchev–Trinajstić information content (AvgIpc) is 3.10. The maximum absolute atomic E-state index is 9.54. The summed E-state index contributed by atoms with van der Waals surface area (Å²) in [6.45, 7) is 3.57. The van der Waals surface area contributed by atoms with Gasteiger partial charge in [-0.1, -0.05) is 0 Å². The van der Waals surface area contributed by atoms with Crippen LogP contribution in [-0.2, 0) is 14.2 Å². The Hall–Kier alpha value is -1.74. The zero-order valence-corrected chi connectivity index (χ0v) is 12.3. The minimum absolute atomic E-state index is 0.132. The van der Waals surface area contributed by atoms with Crippen LogP contribution in [0, 0.1) is 0 Å². The van der Waals surface area contributed by atoms with Crippen LogP contribution in [0.5, 0.6) is 0 Å². The number of nitrogen functional groups attached to an aromatic ring is 1. The van der Waals surface area contributed by atoms with Crippen molar-refractivity contribution in [3.05, 3.63) is 18.6 Å². The van der Waals surface area contributed by atoms with Gasteiger partial charge in [-0.25, -0.2) is 9.97 Å². The number of hydrogen-bond acceptors (Lipinski definition) is 7. The predicted molar refractivity (Wildman–Crippen MR) is 76.8 cm³/mol. The van der Waals surface area contributed by atoms with E-state index in [4.69, 9.17) is 19.9 Å². The molecule has 4 heterocycles. The van der Waals surface area contributed by atoms with Crippen molar-refractivity contribution in [2.75, 3.05) is 12.3 Å². The summed E-state index contributed by atoms with van der Waals surface area (Å²) in [4.78, 5) is 8.27. The lowest BCUT2D eigenvalue weighted by Crippen LogP contribution is -2.31. The van der Waals surface area contributed by atoms with Crippen LogP contribution in [0.15, 0.2) is 18.6 Å². The number of fused-ring (bicyclic) bond motifs is 2. The Morgan fingerprint density at radius 1 is 1.32 bits per heavy atom. The molecule has 118 valence electrons. The van der Waals surface area contributed by atoms with Gasteiger partial charge in [0.1, 0.15) is 36.1 Å². The van der Waals surface area contributed by atoms with Crippen LogP contribution in [0.25, 0.3) is 11.0 Å². The first-order valence-electron chi connectivity index (χ1n) is 7.19. The number of aliphatic hydroxyl groups excluding tert-OH is 1. The third kappa shape index (κ3) is 1.92. The van der Waals surface area contributed by atoms with Gasteiger partial charge in [0.15, 0.2) is 12.0 Å². The van der Waals surface area contributed by atoms with Gasteiger partial charge in [0.25, 0.3) is 0 Å². The van der Waals surface area contributed by atoms with Gasteiger partial charge in [-0.3, -0.25) is 0 Å². The van der Waals surface area contributed by atoms with E-state index in [1.807, 2.05) is 30.7 Å².